The fraction of sp³-hybridized carbons (Fsp3) is 0.583. The second kappa shape index (κ2) is 4.79. The smallest absolute Gasteiger partial charge is 0.311 e. The Hall–Kier alpha value is -1.08. The summed E-state index contributed by atoms with van der Waals surface area (Å²) in [7, 11) is 0. The van der Waals surface area contributed by atoms with Crippen molar-refractivity contribution in [2.24, 2.45) is 0 Å². The summed E-state index contributed by atoms with van der Waals surface area (Å²) in [5, 5.41) is 4.82. The van der Waals surface area contributed by atoms with E-state index in [4.69, 9.17) is 0 Å². The average molecular weight is 292 g/mol. The molecule has 1 aromatic rings. The summed E-state index contributed by atoms with van der Waals surface area (Å²) in [6, 6.07) is 3.50. The van der Waals surface area contributed by atoms with Crippen LogP contribution in [-0.4, -0.2) is 29.1 Å². The van der Waals surface area contributed by atoms with E-state index >= 15 is 0 Å². The summed E-state index contributed by atoms with van der Waals surface area (Å²) >= 11 is 1.34. The fourth-order valence-electron chi connectivity index (χ4n) is 2.16. The van der Waals surface area contributed by atoms with Gasteiger partial charge in [0.05, 0.1) is 5.54 Å². The molecule has 0 spiro atoms. The lowest BCUT2D eigenvalue weighted by atomic mass is 9.99. The van der Waals surface area contributed by atoms with Crippen molar-refractivity contribution >= 4 is 17.2 Å². The maximum atomic E-state index is 12.6. The molecule has 1 aliphatic heterocycles. The van der Waals surface area contributed by atoms with Crippen LogP contribution in [-0.2, 0) is 4.79 Å². The first kappa shape index (κ1) is 14.3. The summed E-state index contributed by atoms with van der Waals surface area (Å²) < 4.78 is 37.9. The number of amides is 1. The van der Waals surface area contributed by atoms with E-state index < -0.39 is 30.3 Å². The molecule has 1 aromatic heterocycles. The Morgan fingerprint density at radius 2 is 2.21 bits per heavy atom. The lowest BCUT2D eigenvalue weighted by Crippen LogP contribution is -2.44. The quantitative estimate of drug-likeness (QED) is 0.929. The van der Waals surface area contributed by atoms with E-state index in [9.17, 15) is 18.0 Å². The van der Waals surface area contributed by atoms with Gasteiger partial charge in [0, 0.05) is 4.88 Å². The fourth-order valence-corrected chi connectivity index (χ4v) is 2.94. The molecule has 0 saturated carbocycles. The first-order chi connectivity index (χ1) is 8.77. The molecule has 106 valence electrons. The van der Waals surface area contributed by atoms with Crippen LogP contribution in [0.4, 0.5) is 13.2 Å². The molecule has 0 aromatic carbocycles. The third-order valence-corrected chi connectivity index (χ3v) is 4.29. The van der Waals surface area contributed by atoms with Gasteiger partial charge in [0.15, 0.2) is 0 Å². The molecule has 1 amide bonds. The highest BCUT2D eigenvalue weighted by molar-refractivity contribution is 7.10. The normalized spacial score (nSPS) is 28.2. The molecule has 1 aliphatic rings. The molecule has 1 saturated heterocycles. The standard InChI is InChI=1S/C12H15F3N2OS/c1-3-11(2)10(18)17(7-12(13,14)15)9(16-11)8-5-4-6-19-8/h4-6,9,16H,3,7H2,1-2H3. The summed E-state index contributed by atoms with van der Waals surface area (Å²) in [6.45, 7) is 2.21. The van der Waals surface area contributed by atoms with Crippen LogP contribution in [0.2, 0.25) is 0 Å². The van der Waals surface area contributed by atoms with Crippen molar-refractivity contribution in [3.05, 3.63) is 22.4 Å². The molecule has 1 fully saturated rings. The topological polar surface area (TPSA) is 32.3 Å². The van der Waals surface area contributed by atoms with Crippen molar-refractivity contribution in [1.29, 1.82) is 0 Å². The van der Waals surface area contributed by atoms with Crippen molar-refractivity contribution in [2.45, 2.75) is 38.1 Å². The molecule has 0 aliphatic carbocycles. The molecule has 1 N–H and O–H groups in total. The first-order valence-corrected chi connectivity index (χ1v) is 6.84. The van der Waals surface area contributed by atoms with Gasteiger partial charge in [0.25, 0.3) is 0 Å². The minimum atomic E-state index is -4.40. The highest BCUT2D eigenvalue weighted by atomic mass is 32.1. The lowest BCUT2D eigenvalue weighted by Gasteiger charge is -2.24. The maximum Gasteiger partial charge on any atom is 0.406 e. The largest absolute Gasteiger partial charge is 0.406 e. The Morgan fingerprint density at radius 1 is 1.53 bits per heavy atom. The van der Waals surface area contributed by atoms with Gasteiger partial charge >= 0.3 is 6.18 Å². The zero-order valence-corrected chi connectivity index (χ0v) is 11.4. The zero-order chi connectivity index (χ0) is 14.3. The van der Waals surface area contributed by atoms with Crippen LogP contribution in [0.15, 0.2) is 17.5 Å². The molecular weight excluding hydrogens is 277 g/mol. The second-order valence-corrected chi connectivity index (χ2v) is 5.78. The first-order valence-electron chi connectivity index (χ1n) is 5.96. The van der Waals surface area contributed by atoms with Crippen molar-refractivity contribution in [2.75, 3.05) is 6.54 Å². The Labute approximate surface area is 113 Å². The van der Waals surface area contributed by atoms with E-state index in [0.29, 0.717) is 6.42 Å². The van der Waals surface area contributed by atoms with E-state index in [-0.39, 0.29) is 0 Å². The van der Waals surface area contributed by atoms with Crippen LogP contribution in [0.1, 0.15) is 31.3 Å². The van der Waals surface area contributed by atoms with E-state index in [1.807, 2.05) is 0 Å². The predicted octanol–water partition coefficient (Wildman–Crippen LogP) is 2.91. The third-order valence-electron chi connectivity index (χ3n) is 3.37. The second-order valence-electron chi connectivity index (χ2n) is 4.80. The number of thiophene rings is 1. The predicted molar refractivity (Wildman–Crippen MR) is 66.7 cm³/mol. The Morgan fingerprint density at radius 3 is 2.68 bits per heavy atom. The highest BCUT2D eigenvalue weighted by Crippen LogP contribution is 2.36. The Balaban J connectivity index is 2.32. The average Bonchev–Trinajstić information content (AvgIpc) is 2.90. The minimum absolute atomic E-state index is 0.446. The van der Waals surface area contributed by atoms with Crippen molar-refractivity contribution < 1.29 is 18.0 Å². The van der Waals surface area contributed by atoms with Gasteiger partial charge in [-0.3, -0.25) is 10.1 Å². The van der Waals surface area contributed by atoms with Crippen LogP contribution in [0.3, 0.4) is 0 Å². The monoisotopic (exact) mass is 292 g/mol. The molecule has 0 radical (unpaired) electrons. The summed E-state index contributed by atoms with van der Waals surface area (Å²) in [5.74, 6) is -0.495. The van der Waals surface area contributed by atoms with Crippen molar-refractivity contribution in [3.63, 3.8) is 0 Å². The van der Waals surface area contributed by atoms with E-state index in [2.05, 4.69) is 5.32 Å². The van der Waals surface area contributed by atoms with Gasteiger partial charge in [0.1, 0.15) is 12.7 Å². The molecule has 2 unspecified atom stereocenters. The number of nitrogens with zero attached hydrogens (tertiary/aromatic N) is 1. The van der Waals surface area contributed by atoms with Crippen molar-refractivity contribution in [3.8, 4) is 0 Å². The van der Waals surface area contributed by atoms with E-state index in [0.717, 1.165) is 9.78 Å². The number of hydrogen-bond donors (Lipinski definition) is 1. The number of carbonyl (C=O) groups is 1. The lowest BCUT2D eigenvalue weighted by molar-refractivity contribution is -0.162. The van der Waals surface area contributed by atoms with E-state index in [1.54, 1.807) is 31.4 Å². The van der Waals surface area contributed by atoms with Crippen LogP contribution in [0, 0.1) is 0 Å². The van der Waals surface area contributed by atoms with Crippen LogP contribution < -0.4 is 5.32 Å². The molecule has 7 heteroatoms. The molecule has 3 nitrogen and oxygen atoms in total. The molecule has 2 atom stereocenters. The van der Waals surface area contributed by atoms with Crippen LogP contribution in [0.25, 0.3) is 0 Å². The van der Waals surface area contributed by atoms with Crippen LogP contribution in [0.5, 0.6) is 0 Å². The Bertz CT molecular complexity index is 460. The highest BCUT2D eigenvalue weighted by Gasteiger charge is 2.50. The number of rotatable bonds is 3. The summed E-state index contributed by atoms with van der Waals surface area (Å²) in [6.07, 6.45) is -4.65. The third kappa shape index (κ3) is 2.76. The van der Waals surface area contributed by atoms with Gasteiger partial charge < -0.3 is 4.90 Å². The van der Waals surface area contributed by atoms with Gasteiger partial charge in [-0.15, -0.1) is 11.3 Å². The Kier molecular flexibility index (Phi) is 3.61. The number of hydrogen-bond acceptors (Lipinski definition) is 3. The molecule has 19 heavy (non-hydrogen) atoms. The minimum Gasteiger partial charge on any atom is -0.311 e. The number of alkyl halides is 3. The molecule has 2 rings (SSSR count). The maximum absolute atomic E-state index is 12.6. The van der Waals surface area contributed by atoms with Gasteiger partial charge in [0.2, 0.25) is 5.91 Å². The summed E-state index contributed by atoms with van der Waals surface area (Å²) in [4.78, 5) is 13.8. The van der Waals surface area contributed by atoms with E-state index in [1.165, 1.54) is 11.3 Å². The summed E-state index contributed by atoms with van der Waals surface area (Å²) in [5.41, 5.74) is -0.931. The number of nitrogens with one attached hydrogen (secondary N) is 1. The van der Waals surface area contributed by atoms with Gasteiger partial charge in [-0.2, -0.15) is 13.2 Å². The SMILES string of the molecule is CCC1(C)NC(c2cccs2)N(CC(F)(F)F)C1=O. The molecule has 0 bridgehead atoms. The number of halogens is 3. The van der Waals surface area contributed by atoms with Gasteiger partial charge in [-0.25, -0.2) is 0 Å². The van der Waals surface area contributed by atoms with Crippen LogP contribution >= 0.6 is 11.3 Å². The van der Waals surface area contributed by atoms with Gasteiger partial charge in [-0.05, 0) is 24.8 Å². The molecular formula is C12H15F3N2OS. The zero-order valence-electron chi connectivity index (χ0n) is 10.6. The number of carbonyl (C=O) groups excluding carboxylic acids is 1. The van der Waals surface area contributed by atoms with Crippen molar-refractivity contribution in [1.82, 2.24) is 10.2 Å². The van der Waals surface area contributed by atoms with Gasteiger partial charge in [-0.1, -0.05) is 13.0 Å². The molecule has 2 heterocycles.